The first-order valence-electron chi connectivity index (χ1n) is 5.77. The summed E-state index contributed by atoms with van der Waals surface area (Å²) in [7, 11) is -3.10. The molecule has 0 aromatic carbocycles. The van der Waals surface area contributed by atoms with Crippen LogP contribution < -0.4 is 10.6 Å². The first kappa shape index (κ1) is 16.7. The van der Waals surface area contributed by atoms with Crippen molar-refractivity contribution in [2.24, 2.45) is 0 Å². The molecule has 0 radical (unpaired) electrons. The van der Waals surface area contributed by atoms with Crippen LogP contribution in [0, 0.1) is 0 Å². The molecular weight excluding hydrogens is 260 g/mol. The van der Waals surface area contributed by atoms with E-state index in [2.05, 4.69) is 10.6 Å². The Morgan fingerprint density at radius 2 is 1.89 bits per heavy atom. The zero-order valence-corrected chi connectivity index (χ0v) is 11.4. The van der Waals surface area contributed by atoms with Gasteiger partial charge in [0.25, 0.3) is 0 Å². The number of hydrogen-bond acceptors (Lipinski definition) is 4. The monoisotopic (exact) mass is 280 g/mol. The summed E-state index contributed by atoms with van der Waals surface area (Å²) in [5.74, 6) is -1.07. The van der Waals surface area contributed by atoms with Crippen LogP contribution in [0.4, 0.5) is 4.79 Å². The smallest absolute Gasteiger partial charge is 0.315 e. The molecule has 1 unspecified atom stereocenters. The number of aliphatic carboxylic acids is 1. The highest BCUT2D eigenvalue weighted by Crippen LogP contribution is 1.97. The van der Waals surface area contributed by atoms with E-state index in [0.29, 0.717) is 6.42 Å². The van der Waals surface area contributed by atoms with Crippen LogP contribution in [0.25, 0.3) is 0 Å². The standard InChI is InChI=1S/C10H20N2O5S/c1-3-8(7-9(13)14)12-10(15)11-5-6-18(16,17)4-2/h8H,3-7H2,1-2H3,(H,13,14)(H2,11,12,15). The lowest BCUT2D eigenvalue weighted by atomic mass is 10.1. The molecule has 0 aromatic rings. The average Bonchev–Trinajstić information content (AvgIpc) is 2.27. The quantitative estimate of drug-likeness (QED) is 0.578. The van der Waals surface area contributed by atoms with Gasteiger partial charge in [-0.3, -0.25) is 4.79 Å². The number of rotatable bonds is 8. The van der Waals surface area contributed by atoms with Crippen LogP contribution in [0.5, 0.6) is 0 Å². The van der Waals surface area contributed by atoms with E-state index >= 15 is 0 Å². The Bertz CT molecular complexity index is 380. The van der Waals surface area contributed by atoms with Gasteiger partial charge in [0.1, 0.15) is 0 Å². The van der Waals surface area contributed by atoms with Gasteiger partial charge in [-0.1, -0.05) is 13.8 Å². The summed E-state index contributed by atoms with van der Waals surface area (Å²) in [5, 5.41) is 13.5. The van der Waals surface area contributed by atoms with Crippen molar-refractivity contribution in [1.29, 1.82) is 0 Å². The highest BCUT2D eigenvalue weighted by Gasteiger charge is 2.14. The van der Waals surface area contributed by atoms with Crippen molar-refractivity contribution in [2.45, 2.75) is 32.7 Å². The highest BCUT2D eigenvalue weighted by atomic mass is 32.2. The largest absolute Gasteiger partial charge is 0.481 e. The molecule has 0 bridgehead atoms. The van der Waals surface area contributed by atoms with E-state index in [1.54, 1.807) is 6.92 Å². The minimum Gasteiger partial charge on any atom is -0.481 e. The van der Waals surface area contributed by atoms with Crippen molar-refractivity contribution >= 4 is 21.8 Å². The first-order chi connectivity index (χ1) is 8.30. The fourth-order valence-electron chi connectivity index (χ4n) is 1.21. The van der Waals surface area contributed by atoms with E-state index < -0.39 is 27.9 Å². The predicted octanol–water partition coefficient (Wildman–Crippen LogP) is -0.0264. The molecule has 106 valence electrons. The Balaban J connectivity index is 4.00. The second-order valence-corrected chi connectivity index (χ2v) is 6.31. The van der Waals surface area contributed by atoms with Gasteiger partial charge in [-0.15, -0.1) is 0 Å². The molecule has 0 rings (SSSR count). The summed E-state index contributed by atoms with van der Waals surface area (Å²) < 4.78 is 22.3. The van der Waals surface area contributed by atoms with Crippen LogP contribution in [0.3, 0.4) is 0 Å². The molecule has 0 aliphatic rings. The zero-order chi connectivity index (χ0) is 14.2. The van der Waals surface area contributed by atoms with Crippen LogP contribution in [0.1, 0.15) is 26.7 Å². The molecule has 7 nitrogen and oxygen atoms in total. The second kappa shape index (κ2) is 7.91. The molecule has 0 aliphatic heterocycles. The van der Waals surface area contributed by atoms with E-state index in [-0.39, 0.29) is 24.5 Å². The van der Waals surface area contributed by atoms with Gasteiger partial charge in [-0.25, -0.2) is 13.2 Å². The van der Waals surface area contributed by atoms with Crippen LogP contribution >= 0.6 is 0 Å². The number of carbonyl (C=O) groups excluding carboxylic acids is 1. The van der Waals surface area contributed by atoms with Gasteiger partial charge in [-0.2, -0.15) is 0 Å². The lowest BCUT2D eigenvalue weighted by Gasteiger charge is -2.15. The number of sulfone groups is 1. The van der Waals surface area contributed by atoms with Crippen molar-refractivity contribution < 1.29 is 23.1 Å². The van der Waals surface area contributed by atoms with Gasteiger partial charge >= 0.3 is 12.0 Å². The topological polar surface area (TPSA) is 113 Å². The maximum Gasteiger partial charge on any atom is 0.315 e. The number of carboxylic acid groups (broad SMARTS) is 1. The Morgan fingerprint density at radius 1 is 1.28 bits per heavy atom. The summed E-state index contributed by atoms with van der Waals surface area (Å²) in [4.78, 5) is 21.8. The molecule has 18 heavy (non-hydrogen) atoms. The van der Waals surface area contributed by atoms with E-state index in [1.807, 2.05) is 0 Å². The number of amides is 2. The molecule has 0 saturated carbocycles. The van der Waals surface area contributed by atoms with Crippen molar-refractivity contribution in [3.8, 4) is 0 Å². The third-order valence-corrected chi connectivity index (χ3v) is 4.09. The molecule has 0 spiro atoms. The van der Waals surface area contributed by atoms with E-state index in [4.69, 9.17) is 5.11 Å². The highest BCUT2D eigenvalue weighted by molar-refractivity contribution is 7.91. The zero-order valence-electron chi connectivity index (χ0n) is 10.6. The van der Waals surface area contributed by atoms with E-state index in [9.17, 15) is 18.0 Å². The number of hydrogen-bond donors (Lipinski definition) is 3. The number of nitrogens with one attached hydrogen (secondary N) is 2. The van der Waals surface area contributed by atoms with Crippen LogP contribution in [-0.2, 0) is 14.6 Å². The Labute approximate surface area is 107 Å². The predicted molar refractivity (Wildman–Crippen MR) is 67.2 cm³/mol. The fraction of sp³-hybridized carbons (Fsp3) is 0.800. The second-order valence-electron chi connectivity index (χ2n) is 3.84. The summed E-state index contributed by atoms with van der Waals surface area (Å²) in [5.41, 5.74) is 0. The molecule has 8 heteroatoms. The van der Waals surface area contributed by atoms with Gasteiger partial charge in [0.15, 0.2) is 9.84 Å². The van der Waals surface area contributed by atoms with Crippen molar-refractivity contribution in [1.82, 2.24) is 10.6 Å². The molecular formula is C10H20N2O5S. The maximum atomic E-state index is 11.4. The average molecular weight is 280 g/mol. The molecule has 0 heterocycles. The Kier molecular flexibility index (Phi) is 7.33. The minimum absolute atomic E-state index is 0.0194. The van der Waals surface area contributed by atoms with Gasteiger partial charge in [0, 0.05) is 18.3 Å². The SMILES string of the molecule is CCC(CC(=O)O)NC(=O)NCCS(=O)(=O)CC. The first-order valence-corrected chi connectivity index (χ1v) is 7.59. The van der Waals surface area contributed by atoms with Crippen molar-refractivity contribution in [2.75, 3.05) is 18.1 Å². The van der Waals surface area contributed by atoms with Gasteiger partial charge < -0.3 is 15.7 Å². The van der Waals surface area contributed by atoms with E-state index in [0.717, 1.165) is 0 Å². The third-order valence-electron chi connectivity index (χ3n) is 2.39. The maximum absolute atomic E-state index is 11.4. The normalized spacial score (nSPS) is 12.8. The number of carboxylic acids is 1. The number of urea groups is 1. The van der Waals surface area contributed by atoms with Crippen molar-refractivity contribution in [3.63, 3.8) is 0 Å². The molecule has 0 fully saturated rings. The van der Waals surface area contributed by atoms with E-state index in [1.165, 1.54) is 6.92 Å². The van der Waals surface area contributed by atoms with Gasteiger partial charge in [0.2, 0.25) is 0 Å². The Morgan fingerprint density at radius 3 is 2.33 bits per heavy atom. The van der Waals surface area contributed by atoms with Gasteiger partial charge in [-0.05, 0) is 6.42 Å². The molecule has 0 saturated heterocycles. The molecule has 0 aliphatic carbocycles. The molecule has 1 atom stereocenters. The fourth-order valence-corrected chi connectivity index (χ4v) is 1.91. The van der Waals surface area contributed by atoms with Crippen LogP contribution in [-0.4, -0.2) is 49.6 Å². The van der Waals surface area contributed by atoms with Crippen LogP contribution in [0.2, 0.25) is 0 Å². The lowest BCUT2D eigenvalue weighted by molar-refractivity contribution is -0.137. The van der Waals surface area contributed by atoms with Crippen molar-refractivity contribution in [3.05, 3.63) is 0 Å². The summed E-state index contributed by atoms with van der Waals surface area (Å²) in [6.07, 6.45) is 0.337. The molecule has 3 N–H and O–H groups in total. The van der Waals surface area contributed by atoms with Crippen LogP contribution in [0.15, 0.2) is 0 Å². The van der Waals surface area contributed by atoms with Gasteiger partial charge in [0.05, 0.1) is 12.2 Å². The lowest BCUT2D eigenvalue weighted by Crippen LogP contribution is -2.44. The third kappa shape index (κ3) is 7.88. The Hall–Kier alpha value is -1.31. The molecule has 2 amide bonds. The summed E-state index contributed by atoms with van der Waals surface area (Å²) in [6.45, 7) is 3.32. The summed E-state index contributed by atoms with van der Waals surface area (Å²) in [6, 6.07) is -1.00. The number of carbonyl (C=O) groups is 2. The minimum atomic E-state index is -3.10. The summed E-state index contributed by atoms with van der Waals surface area (Å²) >= 11 is 0. The molecule has 0 aromatic heterocycles.